The van der Waals surface area contributed by atoms with Crippen LogP contribution in [0, 0.1) is 0 Å². The molecule has 1 unspecified atom stereocenters. The van der Waals surface area contributed by atoms with Crippen molar-refractivity contribution in [1.82, 2.24) is 0 Å². The summed E-state index contributed by atoms with van der Waals surface area (Å²) in [7, 11) is 4.41. The van der Waals surface area contributed by atoms with Gasteiger partial charge >= 0.3 is 18.9 Å². The molecule has 178 valence electrons. The third kappa shape index (κ3) is 9.64. The minimum Gasteiger partial charge on any atom is -1.00 e. The van der Waals surface area contributed by atoms with Gasteiger partial charge in [-0.3, -0.25) is 4.79 Å². The number of benzene rings is 2. The van der Waals surface area contributed by atoms with Crippen LogP contribution in [0.4, 0.5) is 0 Å². The van der Waals surface area contributed by atoms with E-state index in [1.165, 1.54) is 0 Å². The van der Waals surface area contributed by atoms with Crippen LogP contribution in [-0.4, -0.2) is 66.5 Å². The van der Waals surface area contributed by atoms with Gasteiger partial charge in [-0.15, -0.1) is 0 Å². The first-order valence-corrected chi connectivity index (χ1v) is 11.6. The molecular weight excluding hydrogens is 485 g/mol. The number of carbonyl (C=O) groups is 1. The zero-order chi connectivity index (χ0) is 23.3. The Hall–Kier alpha value is -1.00. The van der Waals surface area contributed by atoms with Gasteiger partial charge in [-0.2, -0.15) is 0 Å². The average Bonchev–Trinajstić information content (AvgIpc) is 2.76. The van der Waals surface area contributed by atoms with Crippen LogP contribution in [0.15, 0.2) is 30.3 Å². The molecule has 0 saturated carbocycles. The number of hydrogen-bond donors (Lipinski definition) is 0. The average molecular weight is 513 g/mol. The van der Waals surface area contributed by atoms with Crippen LogP contribution in [-0.2, 0) is 14.2 Å². The van der Waals surface area contributed by atoms with Gasteiger partial charge in [-0.1, -0.05) is 29.3 Å². The van der Waals surface area contributed by atoms with Crippen LogP contribution in [0.1, 0.15) is 11.8 Å². The Morgan fingerprint density at radius 3 is 1.73 bits per heavy atom. The first kappa shape index (κ1) is 30.0. The van der Waals surface area contributed by atoms with Crippen LogP contribution >= 0.6 is 31.8 Å². The van der Waals surface area contributed by atoms with E-state index in [9.17, 15) is 4.79 Å². The Labute approximate surface area is 219 Å². The molecule has 2 rings (SSSR count). The molecule has 0 fully saturated rings. The third-order valence-electron chi connectivity index (χ3n) is 4.11. The summed E-state index contributed by atoms with van der Waals surface area (Å²) in [5.41, 5.74) is 0.0297. The van der Waals surface area contributed by atoms with Crippen molar-refractivity contribution in [2.24, 2.45) is 0 Å². The zero-order valence-electron chi connectivity index (χ0n) is 20.2. The van der Waals surface area contributed by atoms with Gasteiger partial charge in [0.15, 0.2) is 5.52 Å². The maximum absolute atomic E-state index is 13.2. The van der Waals surface area contributed by atoms with Gasteiger partial charge in [0, 0.05) is 33.5 Å². The van der Waals surface area contributed by atoms with Gasteiger partial charge in [0.05, 0.1) is 40.7 Å². The number of methoxy groups -OCH3 is 3. The van der Waals surface area contributed by atoms with Gasteiger partial charge in [-0.05, 0) is 20.7 Å². The van der Waals surface area contributed by atoms with Crippen LogP contribution in [0.3, 0.4) is 0 Å². The Bertz CT molecular complexity index is 841. The predicted molar refractivity (Wildman–Crippen MR) is 128 cm³/mol. The van der Waals surface area contributed by atoms with E-state index in [1.54, 1.807) is 51.7 Å². The summed E-state index contributed by atoms with van der Waals surface area (Å²) >= 11 is 12.5. The standard InChI is InChI=1S/C22H27Cl2O7P.Li.H/c1-26-7-10-29-15-13-18(30-11-8-27-2)21(19(14-15)31-12-9-28-3)32-22(25)20-16(23)5-4-6-17(20)24;;/h4-6,13-14,32H,7-12H2,1-3H3;;/q;+1;-1. The summed E-state index contributed by atoms with van der Waals surface area (Å²) in [6.45, 7) is 2.10. The van der Waals surface area contributed by atoms with Crippen LogP contribution in [0.25, 0.3) is 0 Å². The molecule has 0 radical (unpaired) electrons. The van der Waals surface area contributed by atoms with E-state index < -0.39 is 0 Å². The summed E-state index contributed by atoms with van der Waals surface area (Å²) < 4.78 is 32.8. The molecule has 0 bridgehead atoms. The summed E-state index contributed by atoms with van der Waals surface area (Å²) in [4.78, 5) is 13.2. The van der Waals surface area contributed by atoms with Crippen molar-refractivity contribution in [2.45, 2.75) is 0 Å². The van der Waals surface area contributed by atoms with Crippen LogP contribution in [0.2, 0.25) is 10.0 Å². The van der Waals surface area contributed by atoms with Crippen molar-refractivity contribution >= 4 is 42.6 Å². The maximum Gasteiger partial charge on any atom is 1.00 e. The Morgan fingerprint density at radius 2 is 1.27 bits per heavy atom. The molecule has 0 aliphatic heterocycles. The molecule has 0 aliphatic rings. The summed E-state index contributed by atoms with van der Waals surface area (Å²) in [5.74, 6) is 1.44. The number of rotatable bonds is 15. The molecule has 0 N–H and O–H groups in total. The van der Waals surface area contributed by atoms with E-state index in [1.807, 2.05) is 0 Å². The quantitative estimate of drug-likeness (QED) is 0.202. The van der Waals surface area contributed by atoms with Crippen molar-refractivity contribution < 1.29 is 53.5 Å². The predicted octanol–water partition coefficient (Wildman–Crippen LogP) is 1.33. The molecule has 1 atom stereocenters. The molecule has 33 heavy (non-hydrogen) atoms. The fourth-order valence-electron chi connectivity index (χ4n) is 2.60. The largest absolute Gasteiger partial charge is 1.00 e. The molecule has 0 aliphatic carbocycles. The third-order valence-corrected chi connectivity index (χ3v) is 5.96. The molecular formula is C22H28Cl2LiO7P. The van der Waals surface area contributed by atoms with Crippen molar-refractivity contribution in [3.63, 3.8) is 0 Å². The number of halogens is 2. The minimum absolute atomic E-state index is 0. The van der Waals surface area contributed by atoms with E-state index >= 15 is 0 Å². The Balaban J connectivity index is 0.00000544. The molecule has 0 heterocycles. The SMILES string of the molecule is COCCOc1cc(OCCOC)c(PC(=O)c2c(Cl)cccc2Cl)c(OCCOC)c1.[H-].[Li+]. The van der Waals surface area contributed by atoms with Crippen molar-refractivity contribution in [3.05, 3.63) is 45.9 Å². The van der Waals surface area contributed by atoms with Crippen molar-refractivity contribution in [2.75, 3.05) is 61.0 Å². The van der Waals surface area contributed by atoms with Gasteiger partial charge in [-0.25, -0.2) is 0 Å². The normalized spacial score (nSPS) is 10.8. The molecule has 11 heteroatoms. The molecule has 7 nitrogen and oxygen atoms in total. The van der Waals surface area contributed by atoms with E-state index in [4.69, 9.17) is 51.6 Å². The van der Waals surface area contributed by atoms with E-state index in [2.05, 4.69) is 0 Å². The smallest absolute Gasteiger partial charge is 1.00 e. The number of ether oxygens (including phenoxy) is 6. The first-order chi connectivity index (χ1) is 15.5. The second-order valence-corrected chi connectivity index (χ2v) is 8.39. The minimum atomic E-state index is -0.351. The van der Waals surface area contributed by atoms with Gasteiger partial charge < -0.3 is 29.8 Å². The molecule has 0 aromatic heterocycles. The van der Waals surface area contributed by atoms with Gasteiger partial charge in [0.25, 0.3) is 0 Å². The van der Waals surface area contributed by atoms with Gasteiger partial charge in [0.1, 0.15) is 37.1 Å². The fraction of sp³-hybridized carbons (Fsp3) is 0.409. The zero-order valence-corrected chi connectivity index (χ0v) is 21.8. The molecule has 2 aromatic carbocycles. The van der Waals surface area contributed by atoms with Crippen molar-refractivity contribution in [1.29, 1.82) is 0 Å². The van der Waals surface area contributed by atoms with Crippen LogP contribution < -0.4 is 38.4 Å². The van der Waals surface area contributed by atoms with E-state index in [0.717, 1.165) is 0 Å². The van der Waals surface area contributed by atoms with E-state index in [0.29, 0.717) is 59.0 Å². The molecule has 0 saturated heterocycles. The number of hydrogen-bond acceptors (Lipinski definition) is 7. The summed E-state index contributed by atoms with van der Waals surface area (Å²) in [6, 6.07) is 8.39. The second kappa shape index (κ2) is 16.6. The molecule has 0 spiro atoms. The van der Waals surface area contributed by atoms with Gasteiger partial charge in [0.2, 0.25) is 0 Å². The summed E-state index contributed by atoms with van der Waals surface area (Å²) in [6.07, 6.45) is 0. The Kier molecular flexibility index (Phi) is 15.1. The molecule has 2 aromatic rings. The second-order valence-electron chi connectivity index (χ2n) is 6.37. The number of carbonyl (C=O) groups excluding carboxylic acids is 1. The first-order valence-electron chi connectivity index (χ1n) is 9.80. The maximum atomic E-state index is 13.2. The fourth-order valence-corrected chi connectivity index (χ4v) is 4.49. The topological polar surface area (TPSA) is 72.5 Å². The monoisotopic (exact) mass is 512 g/mol. The van der Waals surface area contributed by atoms with Crippen molar-refractivity contribution in [3.8, 4) is 17.2 Å². The Morgan fingerprint density at radius 1 is 0.818 bits per heavy atom. The van der Waals surface area contributed by atoms with Crippen LogP contribution in [0.5, 0.6) is 17.2 Å². The molecule has 0 amide bonds. The summed E-state index contributed by atoms with van der Waals surface area (Å²) in [5, 5.41) is 1.16. The van der Waals surface area contributed by atoms with E-state index in [-0.39, 0.29) is 53.2 Å².